The smallest absolute Gasteiger partial charge is 0.126 e. The quantitative estimate of drug-likeness (QED) is 0.750. The lowest BCUT2D eigenvalue weighted by Crippen LogP contribution is -2.38. The van der Waals surface area contributed by atoms with Crippen molar-refractivity contribution in [2.24, 2.45) is 5.92 Å². The molecule has 1 fully saturated rings. The molecule has 0 aliphatic heterocycles. The van der Waals surface area contributed by atoms with E-state index in [2.05, 4.69) is 0 Å². The second kappa shape index (κ2) is 4.15. The molecule has 0 heterocycles. The number of hydrogen-bond acceptors (Lipinski definition) is 2. The van der Waals surface area contributed by atoms with E-state index in [-0.39, 0.29) is 5.92 Å². The molecular weight excluding hydrogens is 188 g/mol. The van der Waals surface area contributed by atoms with Crippen molar-refractivity contribution in [3.05, 3.63) is 35.9 Å². The maximum Gasteiger partial charge on any atom is 0.126 e. The van der Waals surface area contributed by atoms with Crippen LogP contribution in [0.15, 0.2) is 30.3 Å². The topological polar surface area (TPSA) is 37.3 Å². The van der Waals surface area contributed by atoms with Gasteiger partial charge in [0.2, 0.25) is 0 Å². The molecule has 0 bridgehead atoms. The van der Waals surface area contributed by atoms with Gasteiger partial charge in [0.25, 0.3) is 0 Å². The minimum Gasteiger partial charge on any atom is -0.384 e. The predicted octanol–water partition coefficient (Wildman–Crippen LogP) is 2.26. The van der Waals surface area contributed by atoms with Crippen LogP contribution in [0.1, 0.15) is 31.2 Å². The Hall–Kier alpha value is -1.15. The van der Waals surface area contributed by atoms with Crippen molar-refractivity contribution in [2.45, 2.75) is 31.3 Å². The first-order chi connectivity index (χ1) is 7.27. The summed E-state index contributed by atoms with van der Waals surface area (Å²) in [6.45, 7) is 0. The first kappa shape index (κ1) is 10.4. The molecule has 80 valence electrons. The molecule has 0 aromatic heterocycles. The molecule has 1 aromatic carbocycles. The molecule has 1 aliphatic rings. The number of benzene rings is 1. The largest absolute Gasteiger partial charge is 0.384 e. The van der Waals surface area contributed by atoms with Gasteiger partial charge in [-0.25, -0.2) is 0 Å². The van der Waals surface area contributed by atoms with Crippen LogP contribution in [0.2, 0.25) is 0 Å². The van der Waals surface area contributed by atoms with Gasteiger partial charge in [-0.2, -0.15) is 0 Å². The average molecular weight is 204 g/mol. The zero-order valence-corrected chi connectivity index (χ0v) is 8.73. The van der Waals surface area contributed by atoms with E-state index < -0.39 is 5.60 Å². The van der Waals surface area contributed by atoms with E-state index in [0.717, 1.165) is 31.1 Å². The summed E-state index contributed by atoms with van der Waals surface area (Å²) in [5, 5.41) is 10.6. The van der Waals surface area contributed by atoms with Crippen molar-refractivity contribution in [1.82, 2.24) is 0 Å². The lowest BCUT2D eigenvalue weighted by atomic mass is 9.72. The van der Waals surface area contributed by atoms with E-state index in [1.165, 1.54) is 0 Å². The molecule has 0 radical (unpaired) electrons. The number of rotatable bonds is 2. The standard InChI is InChI=1S/C13H16O2/c14-10-12-8-4-5-9-13(12,15)11-6-2-1-3-7-11/h1-3,6-7,10,12,15H,4-5,8-9H2. The minimum atomic E-state index is -0.929. The molecule has 1 N–H and O–H groups in total. The fourth-order valence-electron chi connectivity index (χ4n) is 2.45. The van der Waals surface area contributed by atoms with Gasteiger partial charge < -0.3 is 9.90 Å². The second-order valence-electron chi connectivity index (χ2n) is 4.28. The van der Waals surface area contributed by atoms with Crippen LogP contribution in [-0.4, -0.2) is 11.4 Å². The number of hydrogen-bond donors (Lipinski definition) is 1. The fraction of sp³-hybridized carbons (Fsp3) is 0.462. The summed E-state index contributed by atoms with van der Waals surface area (Å²) >= 11 is 0. The van der Waals surface area contributed by atoms with Crippen LogP contribution < -0.4 is 0 Å². The van der Waals surface area contributed by atoms with Gasteiger partial charge in [-0.15, -0.1) is 0 Å². The second-order valence-corrected chi connectivity index (χ2v) is 4.28. The number of carbonyl (C=O) groups is 1. The van der Waals surface area contributed by atoms with E-state index in [1.807, 2.05) is 30.3 Å². The highest BCUT2D eigenvalue weighted by molar-refractivity contribution is 5.57. The maximum absolute atomic E-state index is 11.0. The Morgan fingerprint density at radius 3 is 2.67 bits per heavy atom. The molecule has 0 amide bonds. The van der Waals surface area contributed by atoms with Crippen molar-refractivity contribution < 1.29 is 9.90 Å². The van der Waals surface area contributed by atoms with Crippen LogP contribution in [0.5, 0.6) is 0 Å². The van der Waals surface area contributed by atoms with Crippen molar-refractivity contribution in [3.63, 3.8) is 0 Å². The Labute approximate surface area is 89.9 Å². The summed E-state index contributed by atoms with van der Waals surface area (Å²) in [6.07, 6.45) is 4.44. The Bertz CT molecular complexity index is 334. The fourth-order valence-corrected chi connectivity index (χ4v) is 2.45. The molecule has 2 heteroatoms. The molecule has 2 nitrogen and oxygen atoms in total. The number of aldehydes is 1. The third kappa shape index (κ3) is 1.82. The SMILES string of the molecule is O=CC1CCCCC1(O)c1ccccc1. The lowest BCUT2D eigenvalue weighted by molar-refractivity contribution is -0.125. The summed E-state index contributed by atoms with van der Waals surface area (Å²) in [6, 6.07) is 9.54. The van der Waals surface area contributed by atoms with Crippen molar-refractivity contribution in [2.75, 3.05) is 0 Å². The Morgan fingerprint density at radius 1 is 1.27 bits per heavy atom. The van der Waals surface area contributed by atoms with Gasteiger partial charge in [0.15, 0.2) is 0 Å². The number of aliphatic hydroxyl groups is 1. The molecular formula is C13H16O2. The van der Waals surface area contributed by atoms with Gasteiger partial charge in [0.1, 0.15) is 6.29 Å². The molecule has 1 aliphatic carbocycles. The zero-order valence-electron chi connectivity index (χ0n) is 8.73. The van der Waals surface area contributed by atoms with Crippen LogP contribution in [0.25, 0.3) is 0 Å². The minimum absolute atomic E-state index is 0.242. The van der Waals surface area contributed by atoms with E-state index in [9.17, 15) is 9.90 Å². The average Bonchev–Trinajstić information content (AvgIpc) is 2.31. The highest BCUT2D eigenvalue weighted by Crippen LogP contribution is 2.40. The van der Waals surface area contributed by atoms with E-state index in [1.54, 1.807) is 0 Å². The monoisotopic (exact) mass is 204 g/mol. The summed E-state index contributed by atoms with van der Waals surface area (Å²) < 4.78 is 0. The molecule has 1 saturated carbocycles. The van der Waals surface area contributed by atoms with Crippen LogP contribution in [0, 0.1) is 5.92 Å². The molecule has 2 unspecified atom stereocenters. The summed E-state index contributed by atoms with van der Waals surface area (Å²) in [5.41, 5.74) is -0.0526. The van der Waals surface area contributed by atoms with Gasteiger partial charge in [0.05, 0.1) is 5.60 Å². The zero-order chi connectivity index (χ0) is 10.7. The molecule has 0 saturated heterocycles. The highest BCUT2D eigenvalue weighted by atomic mass is 16.3. The summed E-state index contributed by atoms with van der Waals surface area (Å²) in [7, 11) is 0. The van der Waals surface area contributed by atoms with Crippen LogP contribution in [-0.2, 0) is 10.4 Å². The Morgan fingerprint density at radius 2 is 2.00 bits per heavy atom. The van der Waals surface area contributed by atoms with Gasteiger partial charge in [-0.1, -0.05) is 43.2 Å². The number of carbonyl (C=O) groups excluding carboxylic acids is 1. The lowest BCUT2D eigenvalue weighted by Gasteiger charge is -2.37. The van der Waals surface area contributed by atoms with Gasteiger partial charge in [-0.05, 0) is 18.4 Å². The first-order valence-electron chi connectivity index (χ1n) is 5.50. The van der Waals surface area contributed by atoms with E-state index in [0.29, 0.717) is 6.42 Å². The molecule has 2 atom stereocenters. The van der Waals surface area contributed by atoms with Gasteiger partial charge in [-0.3, -0.25) is 0 Å². The van der Waals surface area contributed by atoms with Gasteiger partial charge >= 0.3 is 0 Å². The van der Waals surface area contributed by atoms with E-state index in [4.69, 9.17) is 0 Å². The Balaban J connectivity index is 2.34. The molecule has 0 spiro atoms. The third-order valence-corrected chi connectivity index (χ3v) is 3.37. The van der Waals surface area contributed by atoms with Crippen LogP contribution in [0.4, 0.5) is 0 Å². The van der Waals surface area contributed by atoms with Gasteiger partial charge in [0, 0.05) is 5.92 Å². The highest BCUT2D eigenvalue weighted by Gasteiger charge is 2.39. The first-order valence-corrected chi connectivity index (χ1v) is 5.50. The van der Waals surface area contributed by atoms with E-state index >= 15 is 0 Å². The molecule has 15 heavy (non-hydrogen) atoms. The predicted molar refractivity (Wildman–Crippen MR) is 58.4 cm³/mol. The molecule has 1 aromatic rings. The maximum atomic E-state index is 11.0. The van der Waals surface area contributed by atoms with Crippen molar-refractivity contribution in [1.29, 1.82) is 0 Å². The van der Waals surface area contributed by atoms with Crippen LogP contribution in [0.3, 0.4) is 0 Å². The third-order valence-electron chi connectivity index (χ3n) is 3.37. The summed E-state index contributed by atoms with van der Waals surface area (Å²) in [4.78, 5) is 11.0. The van der Waals surface area contributed by atoms with Crippen LogP contribution >= 0.6 is 0 Å². The van der Waals surface area contributed by atoms with Crippen molar-refractivity contribution in [3.8, 4) is 0 Å². The van der Waals surface area contributed by atoms with Crippen molar-refractivity contribution >= 4 is 6.29 Å². The Kier molecular flexibility index (Phi) is 2.87. The summed E-state index contributed by atoms with van der Waals surface area (Å²) in [5.74, 6) is -0.242. The normalized spacial score (nSPS) is 31.1. The molecule has 2 rings (SSSR count).